The van der Waals surface area contributed by atoms with Gasteiger partial charge in [-0.25, -0.2) is 0 Å². The Labute approximate surface area is 105 Å². The van der Waals surface area contributed by atoms with Gasteiger partial charge in [0.15, 0.2) is 5.78 Å². The van der Waals surface area contributed by atoms with Crippen molar-refractivity contribution in [2.75, 3.05) is 0 Å². The second-order valence-corrected chi connectivity index (χ2v) is 4.06. The van der Waals surface area contributed by atoms with Gasteiger partial charge in [-0.15, -0.1) is 0 Å². The molecule has 2 aromatic rings. The molecule has 0 unspecified atom stereocenters. The summed E-state index contributed by atoms with van der Waals surface area (Å²) in [7, 11) is 0. The molecule has 0 radical (unpaired) electrons. The molecule has 84 valence electrons. The zero-order valence-corrected chi connectivity index (χ0v) is 9.89. The highest BCUT2D eigenvalue weighted by Gasteiger charge is 1.99. The summed E-state index contributed by atoms with van der Waals surface area (Å²) in [5.74, 6) is -0.00873. The summed E-state index contributed by atoms with van der Waals surface area (Å²) in [5, 5.41) is 0.666. The van der Waals surface area contributed by atoms with E-state index in [1.807, 2.05) is 36.4 Å². The summed E-state index contributed by atoms with van der Waals surface area (Å²) in [6.07, 6.45) is 3.32. The average molecular weight is 243 g/mol. The van der Waals surface area contributed by atoms with Gasteiger partial charge in [0.05, 0.1) is 0 Å². The average Bonchev–Trinajstić information content (AvgIpc) is 2.37. The van der Waals surface area contributed by atoms with Crippen LogP contribution in [0.1, 0.15) is 15.9 Å². The Hall–Kier alpha value is -1.86. The molecule has 0 aromatic heterocycles. The third-order valence-corrected chi connectivity index (χ3v) is 2.57. The normalized spacial score (nSPS) is 10.6. The lowest BCUT2D eigenvalue weighted by atomic mass is 10.1. The monoisotopic (exact) mass is 242 g/mol. The molecule has 0 bridgehead atoms. The topological polar surface area (TPSA) is 17.1 Å². The Bertz CT molecular complexity index is 544. The van der Waals surface area contributed by atoms with Crippen LogP contribution in [0.15, 0.2) is 60.7 Å². The second kappa shape index (κ2) is 5.46. The smallest absolute Gasteiger partial charge is 0.185 e. The fourth-order valence-corrected chi connectivity index (χ4v) is 1.68. The summed E-state index contributed by atoms with van der Waals surface area (Å²) in [6.45, 7) is 0. The number of halogens is 1. The molecule has 17 heavy (non-hydrogen) atoms. The highest BCUT2D eigenvalue weighted by molar-refractivity contribution is 6.30. The van der Waals surface area contributed by atoms with Crippen LogP contribution in [0.5, 0.6) is 0 Å². The minimum absolute atomic E-state index is 0.00873. The van der Waals surface area contributed by atoms with Crippen LogP contribution < -0.4 is 0 Å². The van der Waals surface area contributed by atoms with E-state index in [1.165, 1.54) is 0 Å². The predicted molar refractivity (Wildman–Crippen MR) is 71.3 cm³/mol. The summed E-state index contributed by atoms with van der Waals surface area (Å²) < 4.78 is 0. The van der Waals surface area contributed by atoms with Crippen LogP contribution >= 0.6 is 11.6 Å². The number of allylic oxidation sites excluding steroid dienone is 1. The number of carbonyl (C=O) groups excluding carboxylic acids is 1. The second-order valence-electron chi connectivity index (χ2n) is 3.62. The molecule has 0 amide bonds. The van der Waals surface area contributed by atoms with E-state index in [-0.39, 0.29) is 5.78 Å². The Balaban J connectivity index is 2.14. The molecule has 0 saturated heterocycles. The van der Waals surface area contributed by atoms with Crippen molar-refractivity contribution in [2.24, 2.45) is 0 Å². The van der Waals surface area contributed by atoms with E-state index in [2.05, 4.69) is 0 Å². The van der Waals surface area contributed by atoms with E-state index in [1.54, 1.807) is 30.4 Å². The van der Waals surface area contributed by atoms with E-state index < -0.39 is 0 Å². The van der Waals surface area contributed by atoms with Crippen LogP contribution in [-0.2, 0) is 0 Å². The van der Waals surface area contributed by atoms with Gasteiger partial charge in [-0.3, -0.25) is 4.79 Å². The fraction of sp³-hybridized carbons (Fsp3) is 0. The molecule has 0 heterocycles. The quantitative estimate of drug-likeness (QED) is 0.581. The maximum absolute atomic E-state index is 11.8. The van der Waals surface area contributed by atoms with Gasteiger partial charge in [0.1, 0.15) is 0 Å². The van der Waals surface area contributed by atoms with Crippen molar-refractivity contribution in [2.45, 2.75) is 0 Å². The lowest BCUT2D eigenvalue weighted by Crippen LogP contribution is -1.92. The number of ketones is 1. The summed E-state index contributed by atoms with van der Waals surface area (Å²) in [4.78, 5) is 11.8. The van der Waals surface area contributed by atoms with Crippen molar-refractivity contribution in [3.05, 3.63) is 76.8 Å². The number of carbonyl (C=O) groups is 1. The van der Waals surface area contributed by atoms with Gasteiger partial charge in [0, 0.05) is 10.6 Å². The van der Waals surface area contributed by atoms with Gasteiger partial charge in [-0.1, -0.05) is 60.1 Å². The fourth-order valence-electron chi connectivity index (χ4n) is 1.48. The number of benzene rings is 2. The lowest BCUT2D eigenvalue weighted by molar-refractivity contribution is 0.104. The maximum atomic E-state index is 11.8. The van der Waals surface area contributed by atoms with Crippen molar-refractivity contribution in [1.82, 2.24) is 0 Å². The molecular formula is C15H11ClO. The molecule has 2 aromatic carbocycles. The molecular weight excluding hydrogens is 232 g/mol. The molecule has 0 aliphatic heterocycles. The van der Waals surface area contributed by atoms with E-state index in [0.717, 1.165) is 5.56 Å². The van der Waals surface area contributed by atoms with Crippen LogP contribution in [-0.4, -0.2) is 5.78 Å². The van der Waals surface area contributed by atoms with E-state index in [4.69, 9.17) is 11.6 Å². The molecule has 1 nitrogen and oxygen atoms in total. The van der Waals surface area contributed by atoms with Gasteiger partial charge in [-0.2, -0.15) is 0 Å². The van der Waals surface area contributed by atoms with Gasteiger partial charge >= 0.3 is 0 Å². The van der Waals surface area contributed by atoms with Crippen molar-refractivity contribution in [3.63, 3.8) is 0 Å². The van der Waals surface area contributed by atoms with Crippen LogP contribution in [0.3, 0.4) is 0 Å². The SMILES string of the molecule is O=C(/C=C\c1cccc(Cl)c1)c1ccccc1. The van der Waals surface area contributed by atoms with Gasteiger partial charge in [0.2, 0.25) is 0 Å². The minimum Gasteiger partial charge on any atom is -0.289 e. The number of rotatable bonds is 3. The molecule has 2 rings (SSSR count). The van der Waals surface area contributed by atoms with E-state index >= 15 is 0 Å². The first kappa shape index (κ1) is 11.6. The molecule has 0 aliphatic carbocycles. The van der Waals surface area contributed by atoms with Crippen molar-refractivity contribution >= 4 is 23.5 Å². The molecule has 2 heteroatoms. The predicted octanol–water partition coefficient (Wildman–Crippen LogP) is 4.24. The van der Waals surface area contributed by atoms with Crippen LogP contribution in [0.4, 0.5) is 0 Å². The summed E-state index contributed by atoms with van der Waals surface area (Å²) >= 11 is 5.86. The summed E-state index contributed by atoms with van der Waals surface area (Å²) in [6, 6.07) is 16.6. The summed E-state index contributed by atoms with van der Waals surface area (Å²) in [5.41, 5.74) is 1.60. The van der Waals surface area contributed by atoms with Crippen molar-refractivity contribution < 1.29 is 4.79 Å². The standard InChI is InChI=1S/C15H11ClO/c16-14-8-4-5-12(11-14)9-10-15(17)13-6-2-1-3-7-13/h1-11H/b10-9-. The van der Waals surface area contributed by atoms with Crippen LogP contribution in [0, 0.1) is 0 Å². The molecule has 0 fully saturated rings. The lowest BCUT2D eigenvalue weighted by Gasteiger charge is -1.95. The zero-order chi connectivity index (χ0) is 12.1. The Kier molecular flexibility index (Phi) is 3.73. The Morgan fingerprint density at radius 1 is 1.00 bits per heavy atom. The third kappa shape index (κ3) is 3.30. The van der Waals surface area contributed by atoms with Gasteiger partial charge in [-0.05, 0) is 23.8 Å². The highest BCUT2D eigenvalue weighted by Crippen LogP contribution is 2.12. The van der Waals surface area contributed by atoms with E-state index in [0.29, 0.717) is 10.6 Å². The van der Waals surface area contributed by atoms with Crippen LogP contribution in [0.2, 0.25) is 5.02 Å². The van der Waals surface area contributed by atoms with Crippen LogP contribution in [0.25, 0.3) is 6.08 Å². The Morgan fingerprint density at radius 2 is 1.76 bits per heavy atom. The van der Waals surface area contributed by atoms with Gasteiger partial charge < -0.3 is 0 Å². The molecule has 0 spiro atoms. The molecule has 0 atom stereocenters. The molecule has 0 aliphatic rings. The van der Waals surface area contributed by atoms with Crippen molar-refractivity contribution in [3.8, 4) is 0 Å². The first-order valence-corrected chi connectivity index (χ1v) is 5.66. The number of hydrogen-bond acceptors (Lipinski definition) is 1. The minimum atomic E-state index is -0.00873. The first-order chi connectivity index (χ1) is 8.25. The first-order valence-electron chi connectivity index (χ1n) is 5.29. The zero-order valence-electron chi connectivity index (χ0n) is 9.14. The Morgan fingerprint density at radius 3 is 2.47 bits per heavy atom. The van der Waals surface area contributed by atoms with Gasteiger partial charge in [0.25, 0.3) is 0 Å². The molecule has 0 N–H and O–H groups in total. The van der Waals surface area contributed by atoms with Crippen molar-refractivity contribution in [1.29, 1.82) is 0 Å². The number of hydrogen-bond donors (Lipinski definition) is 0. The third-order valence-electron chi connectivity index (χ3n) is 2.33. The molecule has 0 saturated carbocycles. The highest BCUT2D eigenvalue weighted by atomic mass is 35.5. The maximum Gasteiger partial charge on any atom is 0.185 e. The largest absolute Gasteiger partial charge is 0.289 e. The van der Waals surface area contributed by atoms with E-state index in [9.17, 15) is 4.79 Å².